The number of halogens is 1. The van der Waals surface area contributed by atoms with E-state index in [9.17, 15) is 0 Å². The summed E-state index contributed by atoms with van der Waals surface area (Å²) >= 11 is 1.83. The second kappa shape index (κ2) is 16.7. The highest BCUT2D eigenvalue weighted by Crippen LogP contribution is 2.56. The van der Waals surface area contributed by atoms with E-state index in [1.807, 2.05) is 78.5 Å². The lowest BCUT2D eigenvalue weighted by Gasteiger charge is -2.30. The summed E-state index contributed by atoms with van der Waals surface area (Å²) in [5, 5.41) is 4.63. The van der Waals surface area contributed by atoms with E-state index in [-0.39, 0.29) is 5.82 Å². The van der Waals surface area contributed by atoms with Gasteiger partial charge in [0, 0.05) is 54.7 Å². The van der Waals surface area contributed by atoms with Crippen molar-refractivity contribution in [2.24, 2.45) is 0 Å². The molecule has 12 rings (SSSR count). The Balaban J connectivity index is 1.10. The minimum absolute atomic E-state index is 0.300. The summed E-state index contributed by atoms with van der Waals surface area (Å²) in [6.07, 6.45) is 0. The normalized spacial score (nSPS) is 11.7. The van der Waals surface area contributed by atoms with Crippen molar-refractivity contribution in [3.8, 4) is 44.5 Å². The van der Waals surface area contributed by atoms with Crippen molar-refractivity contribution in [2.45, 2.75) is 9.79 Å². The van der Waals surface area contributed by atoms with Crippen LogP contribution in [0.4, 0.5) is 38.5 Å². The third kappa shape index (κ3) is 6.91. The van der Waals surface area contributed by atoms with Crippen LogP contribution in [0.2, 0.25) is 0 Å². The van der Waals surface area contributed by atoms with Gasteiger partial charge in [0.2, 0.25) is 0 Å². The minimum atomic E-state index is -0.300. The van der Waals surface area contributed by atoms with Crippen LogP contribution in [0, 0.1) is 5.82 Å². The second-order valence-electron chi connectivity index (χ2n) is 16.6. The van der Waals surface area contributed by atoms with Gasteiger partial charge in [-0.2, -0.15) is 0 Å². The Morgan fingerprint density at radius 1 is 0.303 bits per heavy atom. The summed E-state index contributed by atoms with van der Waals surface area (Å²) in [4.78, 5) is 6.84. The Bertz CT molecular complexity index is 3510. The molecular formula is C62H41FN2S. The van der Waals surface area contributed by atoms with E-state index in [4.69, 9.17) is 0 Å². The number of nitrogens with zero attached hydrogens (tertiary/aromatic N) is 2. The van der Waals surface area contributed by atoms with Gasteiger partial charge in [-0.3, -0.25) is 0 Å². The number of rotatable bonds is 9. The second-order valence-corrected chi connectivity index (χ2v) is 17.7. The van der Waals surface area contributed by atoms with E-state index >= 15 is 4.39 Å². The lowest BCUT2D eigenvalue weighted by Crippen LogP contribution is -2.13. The van der Waals surface area contributed by atoms with E-state index in [0.717, 1.165) is 72.4 Å². The molecule has 1 heterocycles. The lowest BCUT2D eigenvalue weighted by molar-refractivity contribution is 0.630. The monoisotopic (exact) mass is 864 g/mol. The van der Waals surface area contributed by atoms with Crippen molar-refractivity contribution in [3.63, 3.8) is 0 Å². The van der Waals surface area contributed by atoms with E-state index in [2.05, 4.69) is 186 Å². The molecule has 1 aliphatic rings. The van der Waals surface area contributed by atoms with Crippen LogP contribution < -0.4 is 9.80 Å². The van der Waals surface area contributed by atoms with Crippen molar-refractivity contribution in [1.29, 1.82) is 0 Å². The predicted octanol–water partition coefficient (Wildman–Crippen LogP) is 18.2. The minimum Gasteiger partial charge on any atom is -0.310 e. The van der Waals surface area contributed by atoms with Gasteiger partial charge in [-0.05, 0) is 128 Å². The molecule has 0 radical (unpaired) electrons. The number of para-hydroxylation sites is 3. The maximum atomic E-state index is 17.5. The summed E-state index contributed by atoms with van der Waals surface area (Å²) in [5.41, 5.74) is 13.8. The Morgan fingerprint density at radius 3 is 1.45 bits per heavy atom. The van der Waals surface area contributed by atoms with Gasteiger partial charge in [-0.25, -0.2) is 4.39 Å². The summed E-state index contributed by atoms with van der Waals surface area (Å²) in [7, 11) is 0. The van der Waals surface area contributed by atoms with Crippen molar-refractivity contribution >= 4 is 67.4 Å². The van der Waals surface area contributed by atoms with Crippen LogP contribution in [0.3, 0.4) is 0 Å². The van der Waals surface area contributed by atoms with Gasteiger partial charge < -0.3 is 9.80 Å². The summed E-state index contributed by atoms with van der Waals surface area (Å²) in [5.74, 6) is -0.300. The maximum Gasteiger partial charge on any atom is 0.148 e. The molecule has 0 saturated heterocycles. The molecule has 0 fully saturated rings. The highest BCUT2D eigenvalue weighted by molar-refractivity contribution is 7.99. The molecule has 312 valence electrons. The third-order valence-corrected chi connectivity index (χ3v) is 13.8. The smallest absolute Gasteiger partial charge is 0.148 e. The van der Waals surface area contributed by atoms with E-state index in [1.165, 1.54) is 31.9 Å². The quantitative estimate of drug-likeness (QED) is 0.134. The number of anilines is 6. The average molecular weight is 865 g/mol. The largest absolute Gasteiger partial charge is 0.310 e. The fourth-order valence-electron chi connectivity index (χ4n) is 9.75. The fourth-order valence-corrected chi connectivity index (χ4v) is 10.9. The zero-order valence-electron chi connectivity index (χ0n) is 35.9. The number of hydrogen-bond acceptors (Lipinski definition) is 3. The molecule has 0 spiro atoms. The number of benzene rings is 11. The van der Waals surface area contributed by atoms with Crippen molar-refractivity contribution < 1.29 is 4.39 Å². The maximum absolute atomic E-state index is 17.5. The molecule has 0 saturated carbocycles. The molecule has 0 amide bonds. The van der Waals surface area contributed by atoms with E-state index in [0.29, 0.717) is 5.69 Å². The van der Waals surface area contributed by atoms with E-state index < -0.39 is 0 Å². The molecule has 4 heteroatoms. The molecular weight excluding hydrogens is 824 g/mol. The van der Waals surface area contributed by atoms with Gasteiger partial charge in [0.05, 0.1) is 5.69 Å². The first-order chi connectivity index (χ1) is 32.7. The Labute approximate surface area is 388 Å². The third-order valence-electron chi connectivity index (χ3n) is 12.6. The van der Waals surface area contributed by atoms with Crippen molar-refractivity contribution in [2.75, 3.05) is 9.80 Å². The van der Waals surface area contributed by atoms with Gasteiger partial charge in [0.25, 0.3) is 0 Å². The molecule has 1 aliphatic heterocycles. The predicted molar refractivity (Wildman–Crippen MR) is 277 cm³/mol. The first-order valence-electron chi connectivity index (χ1n) is 22.3. The van der Waals surface area contributed by atoms with Gasteiger partial charge in [0.15, 0.2) is 0 Å². The Morgan fingerprint density at radius 2 is 0.833 bits per heavy atom. The highest BCUT2D eigenvalue weighted by Gasteiger charge is 2.29. The molecule has 0 aromatic heterocycles. The van der Waals surface area contributed by atoms with Crippen LogP contribution in [0.25, 0.3) is 66.1 Å². The molecule has 11 aromatic rings. The first-order valence-corrected chi connectivity index (χ1v) is 23.1. The van der Waals surface area contributed by atoms with Crippen LogP contribution in [0.15, 0.2) is 259 Å². The highest BCUT2D eigenvalue weighted by atomic mass is 32.2. The molecule has 0 N–H and O–H groups in total. The Hall–Kier alpha value is -8.18. The molecule has 0 unspecified atom stereocenters. The molecule has 2 nitrogen and oxygen atoms in total. The molecule has 11 aromatic carbocycles. The fraction of sp³-hybridized carbons (Fsp3) is 0. The van der Waals surface area contributed by atoms with Gasteiger partial charge in [-0.1, -0.05) is 182 Å². The van der Waals surface area contributed by atoms with Crippen LogP contribution in [-0.4, -0.2) is 0 Å². The topological polar surface area (TPSA) is 6.48 Å². The molecule has 0 aliphatic carbocycles. The lowest BCUT2D eigenvalue weighted by atomic mass is 9.84. The van der Waals surface area contributed by atoms with Gasteiger partial charge in [0.1, 0.15) is 5.82 Å². The zero-order valence-corrected chi connectivity index (χ0v) is 36.7. The average Bonchev–Trinajstić information content (AvgIpc) is 3.38. The SMILES string of the molecule is Fc1cc(-c2ccccc2)cc(-c2ccccc2)c1N(c1ccccc1)c1ccc2c(-c3ccccc3)c3c4c(cccc4c2c1)Sc1cc(N(c2ccccc2)c2ccccc2)ccc1-3. The van der Waals surface area contributed by atoms with E-state index in [1.54, 1.807) is 6.07 Å². The summed E-state index contributed by atoms with van der Waals surface area (Å²) < 4.78 is 17.5. The molecule has 0 atom stereocenters. The van der Waals surface area contributed by atoms with Gasteiger partial charge in [-0.15, -0.1) is 0 Å². The number of fused-ring (bicyclic) bond motifs is 4. The van der Waals surface area contributed by atoms with Gasteiger partial charge >= 0.3 is 0 Å². The van der Waals surface area contributed by atoms with Crippen molar-refractivity contribution in [3.05, 3.63) is 255 Å². The van der Waals surface area contributed by atoms with Crippen LogP contribution in [0.1, 0.15) is 0 Å². The molecule has 0 bridgehead atoms. The zero-order chi connectivity index (χ0) is 44.0. The van der Waals surface area contributed by atoms with Crippen LogP contribution >= 0.6 is 11.8 Å². The first kappa shape index (κ1) is 39.4. The Kier molecular flexibility index (Phi) is 10.0. The van der Waals surface area contributed by atoms with Crippen molar-refractivity contribution in [1.82, 2.24) is 0 Å². The number of hydrogen-bond donors (Lipinski definition) is 0. The van der Waals surface area contributed by atoms with Crippen LogP contribution in [0.5, 0.6) is 0 Å². The summed E-state index contributed by atoms with van der Waals surface area (Å²) in [6.45, 7) is 0. The standard InChI is InChI=1S/C62H41FN2S/c63-56-39-45(42-20-7-1-8-21-42)38-54(43-22-9-2-10-23-43)62(56)65(48-30-17-6-18-31-48)49-34-36-52-55(40-49)51-32-19-33-57-60(51)61(59(52)44-24-11-3-12-25-44)53-37-35-50(41-58(53)66-57)64(46-26-13-4-14-27-46)47-28-15-5-16-29-47/h1-41H. The molecule has 66 heavy (non-hydrogen) atoms. The summed E-state index contributed by atoms with van der Waals surface area (Å²) in [6, 6.07) is 86.5. The van der Waals surface area contributed by atoms with Crippen LogP contribution in [-0.2, 0) is 0 Å².